The van der Waals surface area contributed by atoms with Crippen molar-refractivity contribution < 1.29 is 4.79 Å². The normalized spacial score (nSPS) is 10.3. The zero-order valence-corrected chi connectivity index (χ0v) is 13.5. The van der Waals surface area contributed by atoms with E-state index >= 15 is 0 Å². The van der Waals surface area contributed by atoms with Crippen LogP contribution < -0.4 is 0 Å². The Bertz CT molecular complexity index is 577. The van der Waals surface area contributed by atoms with E-state index in [9.17, 15) is 4.79 Å². The van der Waals surface area contributed by atoms with E-state index in [0.717, 1.165) is 15.1 Å². The van der Waals surface area contributed by atoms with Crippen molar-refractivity contribution in [1.82, 2.24) is 9.88 Å². The summed E-state index contributed by atoms with van der Waals surface area (Å²) >= 11 is 4.95. The maximum absolute atomic E-state index is 12.1. The zero-order chi connectivity index (χ0) is 14.4. The summed E-state index contributed by atoms with van der Waals surface area (Å²) in [6.07, 6.45) is 1.73. The molecule has 0 aliphatic heterocycles. The van der Waals surface area contributed by atoms with E-state index < -0.39 is 0 Å². The van der Waals surface area contributed by atoms with Crippen LogP contribution in [0.4, 0.5) is 0 Å². The number of aromatic nitrogens is 1. The molecule has 0 bridgehead atoms. The SMILES string of the molecule is CN(Cc1ccccc1Br)C(=O)CSc1ccccn1. The number of halogens is 1. The highest BCUT2D eigenvalue weighted by Gasteiger charge is 2.11. The van der Waals surface area contributed by atoms with Gasteiger partial charge in [0, 0.05) is 24.3 Å². The van der Waals surface area contributed by atoms with Gasteiger partial charge in [0.15, 0.2) is 0 Å². The summed E-state index contributed by atoms with van der Waals surface area (Å²) in [5.41, 5.74) is 1.10. The smallest absolute Gasteiger partial charge is 0.233 e. The van der Waals surface area contributed by atoms with Crippen LogP contribution in [-0.2, 0) is 11.3 Å². The van der Waals surface area contributed by atoms with Crippen molar-refractivity contribution in [2.24, 2.45) is 0 Å². The van der Waals surface area contributed by atoms with Gasteiger partial charge in [0.05, 0.1) is 10.8 Å². The van der Waals surface area contributed by atoms with Crippen molar-refractivity contribution in [3.8, 4) is 0 Å². The van der Waals surface area contributed by atoms with Gasteiger partial charge in [-0.15, -0.1) is 0 Å². The standard InChI is InChI=1S/C15H15BrN2OS/c1-18(10-12-6-2-3-7-13(12)16)15(19)11-20-14-8-4-5-9-17-14/h2-9H,10-11H2,1H3. The van der Waals surface area contributed by atoms with E-state index in [1.165, 1.54) is 11.8 Å². The summed E-state index contributed by atoms with van der Waals surface area (Å²) in [5, 5.41) is 0.871. The number of benzene rings is 1. The second-order valence-electron chi connectivity index (χ2n) is 4.30. The van der Waals surface area contributed by atoms with Crippen molar-refractivity contribution in [3.05, 3.63) is 58.7 Å². The van der Waals surface area contributed by atoms with Crippen LogP contribution in [0.15, 0.2) is 58.2 Å². The van der Waals surface area contributed by atoms with Crippen LogP contribution >= 0.6 is 27.7 Å². The fraction of sp³-hybridized carbons (Fsp3) is 0.200. The molecule has 0 atom stereocenters. The van der Waals surface area contributed by atoms with E-state index in [2.05, 4.69) is 20.9 Å². The molecule has 20 heavy (non-hydrogen) atoms. The molecule has 0 aliphatic rings. The lowest BCUT2D eigenvalue weighted by Gasteiger charge is -2.17. The average Bonchev–Trinajstić information content (AvgIpc) is 2.48. The minimum atomic E-state index is 0.0939. The zero-order valence-electron chi connectivity index (χ0n) is 11.1. The van der Waals surface area contributed by atoms with E-state index in [4.69, 9.17) is 0 Å². The summed E-state index contributed by atoms with van der Waals surface area (Å²) in [5.74, 6) is 0.495. The number of carbonyl (C=O) groups excluding carboxylic acids is 1. The maximum Gasteiger partial charge on any atom is 0.233 e. The molecule has 3 nitrogen and oxygen atoms in total. The van der Waals surface area contributed by atoms with Gasteiger partial charge in [0.1, 0.15) is 0 Å². The van der Waals surface area contributed by atoms with Crippen molar-refractivity contribution >= 4 is 33.6 Å². The quantitative estimate of drug-likeness (QED) is 0.772. The van der Waals surface area contributed by atoms with E-state index in [0.29, 0.717) is 12.3 Å². The Morgan fingerprint density at radius 2 is 2.00 bits per heavy atom. The van der Waals surface area contributed by atoms with Gasteiger partial charge in [-0.05, 0) is 23.8 Å². The second kappa shape index (κ2) is 7.45. The number of rotatable bonds is 5. The number of hydrogen-bond donors (Lipinski definition) is 0. The highest BCUT2D eigenvalue weighted by atomic mass is 79.9. The molecule has 0 spiro atoms. The maximum atomic E-state index is 12.1. The number of pyridine rings is 1. The first-order valence-corrected chi connectivity index (χ1v) is 7.96. The van der Waals surface area contributed by atoms with Gasteiger partial charge in [-0.25, -0.2) is 4.98 Å². The fourth-order valence-electron chi connectivity index (χ4n) is 1.65. The van der Waals surface area contributed by atoms with E-state index in [1.807, 2.05) is 49.5 Å². The highest BCUT2D eigenvalue weighted by Crippen LogP contribution is 2.19. The largest absolute Gasteiger partial charge is 0.341 e. The first kappa shape index (κ1) is 15.1. The van der Waals surface area contributed by atoms with Gasteiger partial charge in [-0.2, -0.15) is 0 Å². The first-order chi connectivity index (χ1) is 9.66. The molecule has 0 fully saturated rings. The monoisotopic (exact) mass is 350 g/mol. The van der Waals surface area contributed by atoms with Crippen LogP contribution in [-0.4, -0.2) is 28.6 Å². The van der Waals surface area contributed by atoms with Crippen molar-refractivity contribution in [3.63, 3.8) is 0 Å². The molecule has 2 rings (SSSR count). The van der Waals surface area contributed by atoms with E-state index in [-0.39, 0.29) is 5.91 Å². The lowest BCUT2D eigenvalue weighted by Crippen LogP contribution is -2.27. The van der Waals surface area contributed by atoms with Gasteiger partial charge in [-0.1, -0.05) is 52.0 Å². The van der Waals surface area contributed by atoms with Crippen LogP contribution in [0.2, 0.25) is 0 Å². The topological polar surface area (TPSA) is 33.2 Å². The molecular weight excluding hydrogens is 336 g/mol. The summed E-state index contributed by atoms with van der Waals surface area (Å²) in [6.45, 7) is 0.600. The number of carbonyl (C=O) groups is 1. The van der Waals surface area contributed by atoms with Crippen LogP contribution in [0.5, 0.6) is 0 Å². The van der Waals surface area contributed by atoms with Crippen LogP contribution in [0.1, 0.15) is 5.56 Å². The summed E-state index contributed by atoms with van der Waals surface area (Å²) < 4.78 is 1.03. The number of thioether (sulfide) groups is 1. The molecule has 5 heteroatoms. The van der Waals surface area contributed by atoms with Gasteiger partial charge < -0.3 is 4.90 Å². The molecule has 0 N–H and O–H groups in total. The minimum Gasteiger partial charge on any atom is -0.341 e. The predicted molar refractivity (Wildman–Crippen MR) is 85.6 cm³/mol. The van der Waals surface area contributed by atoms with Crippen LogP contribution in [0.25, 0.3) is 0 Å². The molecule has 0 unspecified atom stereocenters. The third kappa shape index (κ3) is 4.35. The Morgan fingerprint density at radius 1 is 1.25 bits per heavy atom. The molecule has 104 valence electrons. The molecule has 1 heterocycles. The Morgan fingerprint density at radius 3 is 2.70 bits per heavy atom. The molecule has 1 amide bonds. The average molecular weight is 351 g/mol. The van der Waals surface area contributed by atoms with Crippen LogP contribution in [0, 0.1) is 0 Å². The summed E-state index contributed by atoms with van der Waals surface area (Å²) in [6, 6.07) is 13.6. The summed E-state index contributed by atoms with van der Waals surface area (Å²) in [4.78, 5) is 18.0. The second-order valence-corrected chi connectivity index (χ2v) is 6.15. The molecule has 1 aromatic heterocycles. The van der Waals surface area contributed by atoms with Crippen molar-refractivity contribution in [1.29, 1.82) is 0 Å². The first-order valence-electron chi connectivity index (χ1n) is 6.18. The van der Waals surface area contributed by atoms with Gasteiger partial charge in [-0.3, -0.25) is 4.79 Å². The lowest BCUT2D eigenvalue weighted by atomic mass is 10.2. The van der Waals surface area contributed by atoms with Crippen LogP contribution in [0.3, 0.4) is 0 Å². The minimum absolute atomic E-state index is 0.0939. The Labute approximate surface area is 131 Å². The highest BCUT2D eigenvalue weighted by molar-refractivity contribution is 9.10. The third-order valence-electron chi connectivity index (χ3n) is 2.77. The van der Waals surface area contributed by atoms with Gasteiger partial charge >= 0.3 is 0 Å². The molecule has 2 aromatic rings. The lowest BCUT2D eigenvalue weighted by molar-refractivity contribution is -0.127. The molecule has 1 aromatic carbocycles. The Hall–Kier alpha value is -1.33. The van der Waals surface area contributed by atoms with Gasteiger partial charge in [0.25, 0.3) is 0 Å². The van der Waals surface area contributed by atoms with Crippen molar-refractivity contribution in [2.45, 2.75) is 11.6 Å². The molecule has 0 radical (unpaired) electrons. The number of amides is 1. The fourth-order valence-corrected chi connectivity index (χ4v) is 2.86. The molecule has 0 saturated carbocycles. The number of hydrogen-bond acceptors (Lipinski definition) is 3. The Balaban J connectivity index is 1.88. The number of nitrogens with zero attached hydrogens (tertiary/aromatic N) is 2. The van der Waals surface area contributed by atoms with Gasteiger partial charge in [0.2, 0.25) is 5.91 Å². The Kier molecular flexibility index (Phi) is 5.61. The molecule has 0 saturated heterocycles. The molecule has 0 aliphatic carbocycles. The summed E-state index contributed by atoms with van der Waals surface area (Å²) in [7, 11) is 1.82. The third-order valence-corrected chi connectivity index (χ3v) is 4.47. The van der Waals surface area contributed by atoms with Crippen molar-refractivity contribution in [2.75, 3.05) is 12.8 Å². The predicted octanol–water partition coefficient (Wildman–Crippen LogP) is 3.59. The van der Waals surface area contributed by atoms with E-state index in [1.54, 1.807) is 11.1 Å². The molecular formula is C15H15BrN2OS.